The van der Waals surface area contributed by atoms with E-state index in [-0.39, 0.29) is 0 Å². The molecule has 2 heteroatoms. The first kappa shape index (κ1) is 9.82. The van der Waals surface area contributed by atoms with Crippen LogP contribution in [0.2, 0.25) is 0 Å². The third-order valence-electron chi connectivity index (χ3n) is 2.94. The summed E-state index contributed by atoms with van der Waals surface area (Å²) in [4.78, 5) is 0. The van der Waals surface area contributed by atoms with E-state index in [1.54, 1.807) is 11.3 Å². The number of benzene rings is 2. The van der Waals surface area contributed by atoms with E-state index in [2.05, 4.69) is 29.6 Å². The number of hydrogen-bond donors (Lipinski definition) is 1. The predicted molar refractivity (Wildman–Crippen MR) is 70.0 cm³/mol. The van der Waals surface area contributed by atoms with Gasteiger partial charge in [-0.2, -0.15) is 0 Å². The van der Waals surface area contributed by atoms with E-state index >= 15 is 0 Å². The molecule has 1 heterocycles. The van der Waals surface area contributed by atoms with E-state index in [4.69, 9.17) is 0 Å². The summed E-state index contributed by atoms with van der Waals surface area (Å²) in [5.41, 5.74) is 1.04. The average Bonchev–Trinajstić information content (AvgIpc) is 2.73. The molecule has 1 N–H and O–H groups in total. The summed E-state index contributed by atoms with van der Waals surface area (Å²) in [6, 6.07) is 12.6. The Morgan fingerprint density at radius 1 is 1.12 bits per heavy atom. The van der Waals surface area contributed by atoms with Crippen molar-refractivity contribution in [2.75, 3.05) is 0 Å². The van der Waals surface area contributed by atoms with Gasteiger partial charge in [0.1, 0.15) is 0 Å². The third kappa shape index (κ3) is 1.34. The molecule has 1 nitrogen and oxygen atoms in total. The van der Waals surface area contributed by atoms with Gasteiger partial charge in [-0.25, -0.2) is 0 Å². The summed E-state index contributed by atoms with van der Waals surface area (Å²) < 4.78 is 1.25. The minimum absolute atomic E-state index is 0.403. The smallest absolute Gasteiger partial charge is 0.0776 e. The maximum atomic E-state index is 9.78. The number of fused-ring (bicyclic) bond motifs is 3. The number of thiophene rings is 1. The van der Waals surface area contributed by atoms with E-state index in [0.29, 0.717) is 0 Å². The van der Waals surface area contributed by atoms with Gasteiger partial charge in [0.25, 0.3) is 0 Å². The summed E-state index contributed by atoms with van der Waals surface area (Å²) in [6.07, 6.45) is -0.403. The molecule has 0 unspecified atom stereocenters. The van der Waals surface area contributed by atoms with Crippen molar-refractivity contribution in [3.63, 3.8) is 0 Å². The molecule has 0 saturated carbocycles. The van der Waals surface area contributed by atoms with Gasteiger partial charge in [-0.1, -0.05) is 30.3 Å². The Morgan fingerprint density at radius 3 is 2.75 bits per heavy atom. The first-order chi connectivity index (χ1) is 7.77. The van der Waals surface area contributed by atoms with Crippen LogP contribution in [-0.4, -0.2) is 5.11 Å². The molecule has 1 atom stereocenters. The predicted octanol–water partition coefficient (Wildman–Crippen LogP) is 4.11. The van der Waals surface area contributed by atoms with Gasteiger partial charge in [0, 0.05) is 10.1 Å². The van der Waals surface area contributed by atoms with Gasteiger partial charge in [-0.05, 0) is 34.7 Å². The first-order valence-corrected chi connectivity index (χ1v) is 6.22. The Morgan fingerprint density at radius 2 is 1.94 bits per heavy atom. The van der Waals surface area contributed by atoms with Gasteiger partial charge < -0.3 is 5.11 Å². The van der Waals surface area contributed by atoms with Gasteiger partial charge in [0.2, 0.25) is 0 Å². The van der Waals surface area contributed by atoms with Crippen molar-refractivity contribution in [2.45, 2.75) is 13.0 Å². The van der Waals surface area contributed by atoms with Gasteiger partial charge >= 0.3 is 0 Å². The van der Waals surface area contributed by atoms with Crippen LogP contribution in [0.3, 0.4) is 0 Å². The fraction of sp³-hybridized carbons (Fsp3) is 0.143. The zero-order valence-electron chi connectivity index (χ0n) is 8.97. The molecule has 0 fully saturated rings. The zero-order valence-corrected chi connectivity index (χ0v) is 9.79. The molecular formula is C14H12OS. The van der Waals surface area contributed by atoms with Crippen molar-refractivity contribution in [3.8, 4) is 0 Å². The quantitative estimate of drug-likeness (QED) is 0.664. The van der Waals surface area contributed by atoms with Crippen LogP contribution in [0.1, 0.15) is 18.6 Å². The molecule has 2 aromatic carbocycles. The lowest BCUT2D eigenvalue weighted by Gasteiger charge is -2.05. The van der Waals surface area contributed by atoms with Crippen LogP contribution >= 0.6 is 11.3 Å². The highest BCUT2D eigenvalue weighted by Gasteiger charge is 2.11. The van der Waals surface area contributed by atoms with Crippen LogP contribution in [0, 0.1) is 0 Å². The van der Waals surface area contributed by atoms with Gasteiger partial charge in [0.15, 0.2) is 0 Å². The summed E-state index contributed by atoms with van der Waals surface area (Å²) in [6.45, 7) is 1.82. The van der Waals surface area contributed by atoms with Crippen LogP contribution in [0.25, 0.3) is 20.9 Å². The maximum absolute atomic E-state index is 9.78. The molecule has 3 aromatic rings. The van der Waals surface area contributed by atoms with E-state index in [1.165, 1.54) is 20.9 Å². The van der Waals surface area contributed by atoms with Crippen LogP contribution in [0.5, 0.6) is 0 Å². The number of aliphatic hydroxyl groups excluding tert-OH is 1. The summed E-state index contributed by atoms with van der Waals surface area (Å²) in [5.74, 6) is 0. The summed E-state index contributed by atoms with van der Waals surface area (Å²) in [7, 11) is 0. The Balaban J connectivity index is 2.52. The van der Waals surface area contributed by atoms with Crippen molar-refractivity contribution in [3.05, 3.63) is 47.3 Å². The van der Waals surface area contributed by atoms with Crippen LogP contribution < -0.4 is 0 Å². The monoisotopic (exact) mass is 228 g/mol. The molecule has 0 saturated heterocycles. The molecule has 0 spiro atoms. The van der Waals surface area contributed by atoms with Crippen molar-refractivity contribution in [1.82, 2.24) is 0 Å². The van der Waals surface area contributed by atoms with Crippen molar-refractivity contribution in [2.24, 2.45) is 0 Å². The van der Waals surface area contributed by atoms with E-state index in [1.807, 2.05) is 19.1 Å². The van der Waals surface area contributed by atoms with Crippen LogP contribution in [-0.2, 0) is 0 Å². The topological polar surface area (TPSA) is 20.2 Å². The second kappa shape index (κ2) is 3.58. The molecule has 0 aliphatic carbocycles. The number of hydrogen-bond acceptors (Lipinski definition) is 2. The van der Waals surface area contributed by atoms with E-state index in [0.717, 1.165) is 5.56 Å². The average molecular weight is 228 g/mol. The molecule has 0 amide bonds. The van der Waals surface area contributed by atoms with Gasteiger partial charge in [-0.15, -0.1) is 11.3 Å². The van der Waals surface area contributed by atoms with Gasteiger partial charge in [-0.3, -0.25) is 0 Å². The Bertz CT molecular complexity index is 652. The van der Waals surface area contributed by atoms with Crippen molar-refractivity contribution in [1.29, 1.82) is 0 Å². The second-order valence-electron chi connectivity index (χ2n) is 4.03. The minimum atomic E-state index is -0.403. The standard InChI is InChI=1S/C14H12OS/c1-9(15)12-8-16-13-7-6-10-4-2-3-5-11(10)14(12)13/h2-9,15H,1H3/t9-/m1/s1. The number of rotatable bonds is 1. The Kier molecular flexibility index (Phi) is 2.20. The molecule has 16 heavy (non-hydrogen) atoms. The summed E-state index contributed by atoms with van der Waals surface area (Å²) in [5, 5.41) is 15.5. The molecular weight excluding hydrogens is 216 g/mol. The lowest BCUT2D eigenvalue weighted by molar-refractivity contribution is 0.201. The first-order valence-electron chi connectivity index (χ1n) is 5.34. The number of aliphatic hydroxyl groups is 1. The fourth-order valence-corrected chi connectivity index (χ4v) is 3.20. The normalized spacial score (nSPS) is 13.4. The minimum Gasteiger partial charge on any atom is -0.389 e. The molecule has 80 valence electrons. The van der Waals surface area contributed by atoms with Crippen LogP contribution in [0.4, 0.5) is 0 Å². The maximum Gasteiger partial charge on any atom is 0.0776 e. The van der Waals surface area contributed by atoms with Gasteiger partial charge in [0.05, 0.1) is 6.10 Å². The molecule has 1 aromatic heterocycles. The Hall–Kier alpha value is -1.38. The van der Waals surface area contributed by atoms with E-state index < -0.39 is 6.10 Å². The zero-order chi connectivity index (χ0) is 11.1. The molecule has 0 bridgehead atoms. The largest absolute Gasteiger partial charge is 0.389 e. The second-order valence-corrected chi connectivity index (χ2v) is 4.94. The molecule has 0 radical (unpaired) electrons. The molecule has 3 rings (SSSR count). The lowest BCUT2D eigenvalue weighted by atomic mass is 10.0. The van der Waals surface area contributed by atoms with Crippen LogP contribution in [0.15, 0.2) is 41.8 Å². The third-order valence-corrected chi connectivity index (χ3v) is 3.91. The highest BCUT2D eigenvalue weighted by Crippen LogP contribution is 2.35. The summed E-state index contributed by atoms with van der Waals surface area (Å²) >= 11 is 1.70. The van der Waals surface area contributed by atoms with Crippen molar-refractivity contribution >= 4 is 32.2 Å². The highest BCUT2D eigenvalue weighted by molar-refractivity contribution is 7.17. The molecule has 0 aliphatic rings. The highest BCUT2D eigenvalue weighted by atomic mass is 32.1. The molecule has 0 aliphatic heterocycles. The van der Waals surface area contributed by atoms with E-state index in [9.17, 15) is 5.11 Å². The van der Waals surface area contributed by atoms with Crippen molar-refractivity contribution < 1.29 is 5.11 Å². The SMILES string of the molecule is C[C@@H](O)c1csc2ccc3ccccc3c12. The lowest BCUT2D eigenvalue weighted by Crippen LogP contribution is -1.88. The Labute approximate surface area is 98.0 Å². The fourth-order valence-electron chi connectivity index (χ4n) is 2.14.